The summed E-state index contributed by atoms with van der Waals surface area (Å²) in [5, 5.41) is 20.0. The maximum Gasteiger partial charge on any atom is 0.275 e. The van der Waals surface area contributed by atoms with Gasteiger partial charge < -0.3 is 5.32 Å². The molecule has 0 saturated heterocycles. The number of hydrogen-bond donors (Lipinski definition) is 3. The lowest BCUT2D eigenvalue weighted by Gasteiger charge is -2.17. The lowest BCUT2D eigenvalue weighted by molar-refractivity contribution is 0.0955. The number of halogens is 1. The zero-order valence-electron chi connectivity index (χ0n) is 10.3. The van der Waals surface area contributed by atoms with Crippen molar-refractivity contribution < 1.29 is 10.0 Å². The van der Waals surface area contributed by atoms with E-state index in [9.17, 15) is 10.0 Å². The molecule has 2 aromatic rings. The van der Waals surface area contributed by atoms with E-state index in [0.717, 1.165) is 5.06 Å². The Kier molecular flexibility index (Phi) is 4.28. The maximum atomic E-state index is 11.7. The van der Waals surface area contributed by atoms with E-state index < -0.39 is 5.91 Å². The van der Waals surface area contributed by atoms with Crippen LogP contribution in [0.15, 0.2) is 24.3 Å². The van der Waals surface area contributed by atoms with Crippen molar-refractivity contribution in [2.75, 3.05) is 12.1 Å². The predicted molar refractivity (Wildman–Crippen MR) is 76.0 cm³/mol. The molecular weight excluding hydrogens is 302 g/mol. The van der Waals surface area contributed by atoms with Crippen molar-refractivity contribution in [1.29, 1.82) is 0 Å². The zero-order chi connectivity index (χ0) is 14.7. The van der Waals surface area contributed by atoms with E-state index in [0.29, 0.717) is 10.7 Å². The molecule has 0 aliphatic rings. The summed E-state index contributed by atoms with van der Waals surface area (Å²) in [6.45, 7) is 0. The van der Waals surface area contributed by atoms with Gasteiger partial charge in [-0.3, -0.25) is 15.1 Å². The Bertz CT molecular complexity index is 688. The monoisotopic (exact) mass is 311 g/mol. The molecule has 1 heterocycles. The van der Waals surface area contributed by atoms with E-state index in [1.807, 2.05) is 0 Å². The lowest BCUT2D eigenvalue weighted by atomic mass is 10.3. The molecule has 9 heteroatoms. The fourth-order valence-corrected chi connectivity index (χ4v) is 1.71. The van der Waals surface area contributed by atoms with Gasteiger partial charge in [0.15, 0.2) is 11.5 Å². The molecule has 1 aromatic carbocycles. The lowest BCUT2D eigenvalue weighted by Crippen LogP contribution is -2.25. The maximum absolute atomic E-state index is 11.7. The predicted octanol–water partition coefficient (Wildman–Crippen LogP) is 2.07. The molecule has 1 amide bonds. The van der Waals surface area contributed by atoms with Crippen LogP contribution in [0.2, 0.25) is 5.02 Å². The highest BCUT2D eigenvalue weighted by Crippen LogP contribution is 2.24. The zero-order valence-corrected chi connectivity index (χ0v) is 11.9. The van der Waals surface area contributed by atoms with Crippen LogP contribution in [-0.4, -0.2) is 33.3 Å². The third kappa shape index (κ3) is 2.93. The molecule has 1 aromatic heterocycles. The molecular formula is C11H10ClN5O2S. The standard InChI is InChI=1S/C11H10ClN5O2S/c1-13-10(18)8-9(14-11(20)16-15-8)17(19)7-4-2-6(12)3-5-7/h2-5,19H,1H3,(H,13,18)(H,14,16,20). The molecule has 3 N–H and O–H groups in total. The van der Waals surface area contributed by atoms with E-state index >= 15 is 0 Å². The van der Waals surface area contributed by atoms with Crippen molar-refractivity contribution in [3.8, 4) is 0 Å². The first kappa shape index (κ1) is 14.4. The van der Waals surface area contributed by atoms with Crippen LogP contribution >= 0.6 is 23.8 Å². The highest BCUT2D eigenvalue weighted by atomic mass is 35.5. The number of aromatic amines is 1. The van der Waals surface area contributed by atoms with Gasteiger partial charge in [0, 0.05) is 12.1 Å². The van der Waals surface area contributed by atoms with Gasteiger partial charge in [0.05, 0.1) is 5.69 Å². The summed E-state index contributed by atoms with van der Waals surface area (Å²) in [6, 6.07) is 6.32. The Balaban J connectivity index is 2.50. The Morgan fingerprint density at radius 1 is 1.45 bits per heavy atom. The summed E-state index contributed by atoms with van der Waals surface area (Å²) in [7, 11) is 1.44. The average Bonchev–Trinajstić information content (AvgIpc) is 2.46. The normalized spacial score (nSPS) is 10.2. The third-order valence-corrected chi connectivity index (χ3v) is 2.83. The summed E-state index contributed by atoms with van der Waals surface area (Å²) < 4.78 is 0.0423. The molecule has 0 aliphatic carbocycles. The van der Waals surface area contributed by atoms with E-state index in [1.54, 1.807) is 24.3 Å². The number of amides is 1. The molecule has 7 nitrogen and oxygen atoms in total. The van der Waals surface area contributed by atoms with Crippen LogP contribution in [0.5, 0.6) is 0 Å². The van der Waals surface area contributed by atoms with Crippen LogP contribution in [0, 0.1) is 4.77 Å². The average molecular weight is 312 g/mol. The number of carbonyl (C=O) groups excluding carboxylic acids is 1. The summed E-state index contributed by atoms with van der Waals surface area (Å²) in [6.07, 6.45) is 0. The fraction of sp³-hybridized carbons (Fsp3) is 0.0909. The van der Waals surface area contributed by atoms with Crippen molar-refractivity contribution >= 4 is 41.2 Å². The van der Waals surface area contributed by atoms with Gasteiger partial charge in [-0.2, -0.15) is 10.1 Å². The summed E-state index contributed by atoms with van der Waals surface area (Å²) in [5.74, 6) is -0.581. The van der Waals surface area contributed by atoms with Gasteiger partial charge in [-0.15, -0.1) is 0 Å². The molecule has 0 spiro atoms. The van der Waals surface area contributed by atoms with Crippen molar-refractivity contribution in [1.82, 2.24) is 20.5 Å². The first-order valence-corrected chi connectivity index (χ1v) is 6.25. The molecule has 0 fully saturated rings. The summed E-state index contributed by atoms with van der Waals surface area (Å²) in [5.41, 5.74) is 0.285. The Hall–Kier alpha value is -2.03. The minimum Gasteiger partial charge on any atom is -0.354 e. The Labute approximate surface area is 124 Å². The number of anilines is 2. The Morgan fingerprint density at radius 2 is 2.10 bits per heavy atom. The van der Waals surface area contributed by atoms with Gasteiger partial charge in [-0.25, -0.2) is 5.06 Å². The van der Waals surface area contributed by atoms with E-state index in [4.69, 9.17) is 23.8 Å². The minimum atomic E-state index is -0.508. The first-order chi connectivity index (χ1) is 9.52. The van der Waals surface area contributed by atoms with Crippen molar-refractivity contribution in [3.63, 3.8) is 0 Å². The van der Waals surface area contributed by atoms with Gasteiger partial charge in [0.25, 0.3) is 5.91 Å². The summed E-state index contributed by atoms with van der Waals surface area (Å²) >= 11 is 10.6. The number of benzene rings is 1. The van der Waals surface area contributed by atoms with Crippen molar-refractivity contribution in [2.24, 2.45) is 0 Å². The number of H-pyrrole nitrogens is 1. The van der Waals surface area contributed by atoms with Crippen molar-refractivity contribution in [2.45, 2.75) is 0 Å². The molecule has 20 heavy (non-hydrogen) atoms. The van der Waals surface area contributed by atoms with Gasteiger partial charge >= 0.3 is 0 Å². The highest BCUT2D eigenvalue weighted by molar-refractivity contribution is 7.71. The number of nitrogens with zero attached hydrogens (tertiary/aromatic N) is 3. The van der Waals surface area contributed by atoms with E-state index in [1.165, 1.54) is 7.05 Å². The number of carbonyl (C=O) groups is 1. The summed E-state index contributed by atoms with van der Waals surface area (Å²) in [4.78, 5) is 15.6. The van der Waals surface area contributed by atoms with E-state index in [2.05, 4.69) is 20.5 Å². The van der Waals surface area contributed by atoms with Gasteiger partial charge in [0.2, 0.25) is 4.77 Å². The van der Waals surface area contributed by atoms with Gasteiger partial charge in [0.1, 0.15) is 0 Å². The number of hydrogen-bond acceptors (Lipinski definition) is 6. The molecule has 0 aliphatic heterocycles. The van der Waals surface area contributed by atoms with Gasteiger partial charge in [-0.1, -0.05) is 11.6 Å². The number of rotatable bonds is 3. The van der Waals surface area contributed by atoms with E-state index in [-0.39, 0.29) is 16.3 Å². The first-order valence-electron chi connectivity index (χ1n) is 5.46. The van der Waals surface area contributed by atoms with Crippen LogP contribution in [0.4, 0.5) is 11.5 Å². The molecule has 0 unspecified atom stereocenters. The topological polar surface area (TPSA) is 94.1 Å². The minimum absolute atomic E-state index is 0.0423. The highest BCUT2D eigenvalue weighted by Gasteiger charge is 2.20. The molecule has 104 valence electrons. The van der Waals surface area contributed by atoms with Crippen LogP contribution in [0.25, 0.3) is 0 Å². The van der Waals surface area contributed by atoms with Crippen LogP contribution in [-0.2, 0) is 0 Å². The number of nitrogens with one attached hydrogen (secondary N) is 2. The molecule has 2 rings (SSSR count). The third-order valence-electron chi connectivity index (χ3n) is 2.40. The fourth-order valence-electron chi connectivity index (χ4n) is 1.45. The quantitative estimate of drug-likeness (QED) is 0.593. The van der Waals surface area contributed by atoms with Crippen LogP contribution in [0.3, 0.4) is 0 Å². The SMILES string of the molecule is CNC(=O)c1n[nH]c(=S)nc1N(O)c1ccc(Cl)cc1. The molecule has 0 bridgehead atoms. The molecule has 0 atom stereocenters. The Morgan fingerprint density at radius 3 is 2.70 bits per heavy atom. The van der Waals surface area contributed by atoms with Gasteiger partial charge in [-0.05, 0) is 36.5 Å². The molecule has 0 saturated carbocycles. The van der Waals surface area contributed by atoms with Crippen LogP contribution < -0.4 is 10.4 Å². The second kappa shape index (κ2) is 5.95. The smallest absolute Gasteiger partial charge is 0.275 e. The largest absolute Gasteiger partial charge is 0.354 e. The molecule has 0 radical (unpaired) electrons. The second-order valence-corrected chi connectivity index (χ2v) is 4.50. The van der Waals surface area contributed by atoms with Crippen LogP contribution in [0.1, 0.15) is 10.5 Å². The number of aromatic nitrogens is 3. The second-order valence-electron chi connectivity index (χ2n) is 3.68. The van der Waals surface area contributed by atoms with Crippen molar-refractivity contribution in [3.05, 3.63) is 39.8 Å².